The molecule has 1 heterocycles. The molecule has 0 amide bonds. The van der Waals surface area contributed by atoms with Crippen LogP contribution in [0.15, 0.2) is 18.2 Å². The van der Waals surface area contributed by atoms with E-state index in [0.29, 0.717) is 21.3 Å². The van der Waals surface area contributed by atoms with Crippen molar-refractivity contribution in [3.8, 4) is 6.07 Å². The van der Waals surface area contributed by atoms with E-state index >= 15 is 0 Å². The molecular formula is C9H5FN2S. The number of anilines is 1. The minimum Gasteiger partial charge on any atom is -0.398 e. The Balaban J connectivity index is 2.94. The van der Waals surface area contributed by atoms with Crippen LogP contribution in [-0.2, 0) is 0 Å². The standard InChI is InChI=1S/C9H5FN2S/c10-8-3-6-5(4-11)1-2-7(12)9(6)13-8/h1-3H,12H2. The second kappa shape index (κ2) is 2.71. The molecule has 0 spiro atoms. The smallest absolute Gasteiger partial charge is 0.177 e. The molecule has 1 aromatic heterocycles. The summed E-state index contributed by atoms with van der Waals surface area (Å²) in [4.78, 5) is 0. The Morgan fingerprint density at radius 3 is 2.92 bits per heavy atom. The fraction of sp³-hybridized carbons (Fsp3) is 0. The quantitative estimate of drug-likeness (QED) is 0.652. The highest BCUT2D eigenvalue weighted by Gasteiger charge is 2.08. The van der Waals surface area contributed by atoms with E-state index in [4.69, 9.17) is 11.0 Å². The second-order valence-electron chi connectivity index (χ2n) is 2.61. The molecule has 2 rings (SSSR count). The summed E-state index contributed by atoms with van der Waals surface area (Å²) in [6.07, 6.45) is 0. The van der Waals surface area contributed by atoms with Gasteiger partial charge in [0, 0.05) is 11.1 Å². The highest BCUT2D eigenvalue weighted by molar-refractivity contribution is 7.18. The SMILES string of the molecule is N#Cc1ccc(N)c2sc(F)cc12. The van der Waals surface area contributed by atoms with Gasteiger partial charge in [0.1, 0.15) is 0 Å². The van der Waals surface area contributed by atoms with E-state index in [9.17, 15) is 4.39 Å². The first-order valence-electron chi connectivity index (χ1n) is 3.60. The van der Waals surface area contributed by atoms with Crippen molar-refractivity contribution in [1.82, 2.24) is 0 Å². The Morgan fingerprint density at radius 1 is 1.46 bits per heavy atom. The van der Waals surface area contributed by atoms with Gasteiger partial charge in [0.25, 0.3) is 0 Å². The molecule has 0 atom stereocenters. The molecule has 0 radical (unpaired) electrons. The zero-order valence-electron chi connectivity index (χ0n) is 6.54. The highest BCUT2D eigenvalue weighted by atomic mass is 32.1. The Hall–Kier alpha value is -1.60. The molecule has 0 aliphatic rings. The largest absolute Gasteiger partial charge is 0.398 e. The predicted molar refractivity (Wildman–Crippen MR) is 50.9 cm³/mol. The molecule has 1 aromatic carbocycles. The monoisotopic (exact) mass is 192 g/mol. The highest BCUT2D eigenvalue weighted by Crippen LogP contribution is 2.31. The van der Waals surface area contributed by atoms with Gasteiger partial charge in [-0.1, -0.05) is 0 Å². The summed E-state index contributed by atoms with van der Waals surface area (Å²) >= 11 is 0.966. The fourth-order valence-corrected chi connectivity index (χ4v) is 2.05. The summed E-state index contributed by atoms with van der Waals surface area (Å²) in [6, 6.07) is 6.56. The summed E-state index contributed by atoms with van der Waals surface area (Å²) in [5.74, 6) is 0. The summed E-state index contributed by atoms with van der Waals surface area (Å²) in [5, 5.41) is 9.01. The van der Waals surface area contributed by atoms with E-state index in [1.54, 1.807) is 12.1 Å². The Morgan fingerprint density at radius 2 is 2.23 bits per heavy atom. The van der Waals surface area contributed by atoms with E-state index < -0.39 is 0 Å². The molecule has 0 saturated heterocycles. The average Bonchev–Trinajstić information content (AvgIpc) is 2.48. The van der Waals surface area contributed by atoms with Crippen molar-refractivity contribution in [2.75, 3.05) is 5.73 Å². The van der Waals surface area contributed by atoms with Crippen LogP contribution in [0.1, 0.15) is 5.56 Å². The normalized spacial score (nSPS) is 10.2. The molecule has 2 aromatic rings. The number of hydrogen-bond acceptors (Lipinski definition) is 3. The van der Waals surface area contributed by atoms with Crippen molar-refractivity contribution < 1.29 is 4.39 Å². The third-order valence-electron chi connectivity index (χ3n) is 1.80. The van der Waals surface area contributed by atoms with Crippen LogP contribution >= 0.6 is 11.3 Å². The van der Waals surface area contributed by atoms with Gasteiger partial charge in [0.2, 0.25) is 0 Å². The number of nitriles is 1. The van der Waals surface area contributed by atoms with E-state index in [1.807, 2.05) is 6.07 Å². The number of nitrogen functional groups attached to an aromatic ring is 1. The summed E-state index contributed by atoms with van der Waals surface area (Å²) in [7, 11) is 0. The van der Waals surface area contributed by atoms with Gasteiger partial charge >= 0.3 is 0 Å². The summed E-state index contributed by atoms with van der Waals surface area (Å²) in [6.45, 7) is 0. The third-order valence-corrected chi connectivity index (χ3v) is 2.78. The van der Waals surface area contributed by atoms with Crippen LogP contribution in [-0.4, -0.2) is 0 Å². The lowest BCUT2D eigenvalue weighted by molar-refractivity contribution is 0.658. The summed E-state index contributed by atoms with van der Waals surface area (Å²) in [5.41, 5.74) is 6.61. The molecule has 0 bridgehead atoms. The molecule has 13 heavy (non-hydrogen) atoms. The van der Waals surface area contributed by atoms with Crippen LogP contribution in [0.5, 0.6) is 0 Å². The Labute approximate surface area is 78.0 Å². The predicted octanol–water partition coefficient (Wildman–Crippen LogP) is 2.49. The van der Waals surface area contributed by atoms with Gasteiger partial charge in [-0.2, -0.15) is 9.65 Å². The van der Waals surface area contributed by atoms with Gasteiger partial charge < -0.3 is 5.73 Å². The first-order chi connectivity index (χ1) is 6.22. The van der Waals surface area contributed by atoms with E-state index in [2.05, 4.69) is 0 Å². The minimum absolute atomic E-state index is 0.315. The van der Waals surface area contributed by atoms with E-state index in [1.165, 1.54) is 6.07 Å². The molecule has 4 heteroatoms. The lowest BCUT2D eigenvalue weighted by atomic mass is 10.1. The van der Waals surface area contributed by atoms with Crippen LogP contribution in [0.4, 0.5) is 10.1 Å². The number of halogens is 1. The fourth-order valence-electron chi connectivity index (χ4n) is 1.21. The number of rotatable bonds is 0. The molecule has 0 aliphatic heterocycles. The number of fused-ring (bicyclic) bond motifs is 1. The molecule has 0 saturated carbocycles. The number of nitrogens with two attached hydrogens (primary N) is 1. The second-order valence-corrected chi connectivity index (χ2v) is 3.61. The topological polar surface area (TPSA) is 49.8 Å². The maximum atomic E-state index is 12.9. The van der Waals surface area contributed by atoms with E-state index in [-0.39, 0.29) is 5.13 Å². The molecule has 64 valence electrons. The number of benzene rings is 1. The number of hydrogen-bond donors (Lipinski definition) is 1. The van der Waals surface area contributed by atoms with Crippen LogP contribution in [0.3, 0.4) is 0 Å². The van der Waals surface area contributed by atoms with Crippen LogP contribution in [0.25, 0.3) is 10.1 Å². The van der Waals surface area contributed by atoms with Crippen molar-refractivity contribution in [3.63, 3.8) is 0 Å². The van der Waals surface area contributed by atoms with Gasteiger partial charge in [-0.3, -0.25) is 0 Å². The molecule has 0 unspecified atom stereocenters. The van der Waals surface area contributed by atoms with Gasteiger partial charge in [0.05, 0.1) is 16.3 Å². The lowest BCUT2D eigenvalue weighted by Crippen LogP contribution is -1.85. The average molecular weight is 192 g/mol. The maximum absolute atomic E-state index is 12.9. The molecule has 0 fully saturated rings. The van der Waals surface area contributed by atoms with Gasteiger partial charge in [0.15, 0.2) is 5.13 Å². The maximum Gasteiger partial charge on any atom is 0.177 e. The van der Waals surface area contributed by atoms with Crippen molar-refractivity contribution in [2.24, 2.45) is 0 Å². The van der Waals surface area contributed by atoms with Crippen LogP contribution in [0, 0.1) is 16.5 Å². The van der Waals surface area contributed by atoms with Gasteiger partial charge in [-0.05, 0) is 18.2 Å². The minimum atomic E-state index is -0.315. The molecular weight excluding hydrogens is 187 g/mol. The third kappa shape index (κ3) is 1.14. The van der Waals surface area contributed by atoms with E-state index in [0.717, 1.165) is 11.3 Å². The lowest BCUT2D eigenvalue weighted by Gasteiger charge is -1.95. The number of thiophene rings is 1. The van der Waals surface area contributed by atoms with Crippen molar-refractivity contribution in [1.29, 1.82) is 5.26 Å². The van der Waals surface area contributed by atoms with Crippen LogP contribution < -0.4 is 5.73 Å². The first-order valence-corrected chi connectivity index (χ1v) is 4.41. The van der Waals surface area contributed by atoms with Crippen LogP contribution in [0.2, 0.25) is 0 Å². The van der Waals surface area contributed by atoms with Crippen molar-refractivity contribution in [2.45, 2.75) is 0 Å². The van der Waals surface area contributed by atoms with Gasteiger partial charge in [-0.15, -0.1) is 11.3 Å². The first kappa shape index (κ1) is 8.02. The molecule has 2 N–H and O–H groups in total. The Kier molecular flexibility index (Phi) is 1.67. The van der Waals surface area contributed by atoms with Crippen molar-refractivity contribution in [3.05, 3.63) is 28.9 Å². The molecule has 2 nitrogen and oxygen atoms in total. The molecule has 0 aliphatic carbocycles. The summed E-state index contributed by atoms with van der Waals surface area (Å²) < 4.78 is 13.5. The zero-order valence-corrected chi connectivity index (χ0v) is 7.36. The Bertz CT molecular complexity index is 510. The number of nitrogens with zero attached hydrogens (tertiary/aromatic N) is 1. The zero-order chi connectivity index (χ0) is 9.42. The van der Waals surface area contributed by atoms with Gasteiger partial charge in [-0.25, -0.2) is 0 Å². The van der Waals surface area contributed by atoms with Crippen molar-refractivity contribution >= 4 is 27.1 Å².